The number of halogens is 2. The second kappa shape index (κ2) is 10.2. The molecule has 0 unspecified atom stereocenters. The van der Waals surface area contributed by atoms with Crippen LogP contribution in [0.25, 0.3) is 10.9 Å². The van der Waals surface area contributed by atoms with Crippen LogP contribution < -0.4 is 10.1 Å². The van der Waals surface area contributed by atoms with Gasteiger partial charge in [0.15, 0.2) is 0 Å². The average molecular weight is 461 g/mol. The van der Waals surface area contributed by atoms with E-state index in [1.807, 2.05) is 23.9 Å². The van der Waals surface area contributed by atoms with Gasteiger partial charge in [-0.2, -0.15) is 13.9 Å². The van der Waals surface area contributed by atoms with Crippen LogP contribution >= 0.6 is 0 Å². The van der Waals surface area contributed by atoms with Crippen molar-refractivity contribution in [3.8, 4) is 5.75 Å². The van der Waals surface area contributed by atoms with Gasteiger partial charge in [-0.25, -0.2) is 4.98 Å². The quantitative estimate of drug-likeness (QED) is 0.545. The molecule has 2 N–H and O–H groups in total. The van der Waals surface area contributed by atoms with Gasteiger partial charge in [0.1, 0.15) is 17.1 Å². The van der Waals surface area contributed by atoms with Crippen LogP contribution in [-0.4, -0.2) is 40.0 Å². The highest BCUT2D eigenvalue weighted by Crippen LogP contribution is 2.37. The molecule has 9 heteroatoms. The number of alkyl halides is 2. The summed E-state index contributed by atoms with van der Waals surface area (Å²) < 4.78 is 34.8. The van der Waals surface area contributed by atoms with Crippen molar-refractivity contribution in [2.45, 2.75) is 57.9 Å². The minimum atomic E-state index is -3.13. The van der Waals surface area contributed by atoms with E-state index in [2.05, 4.69) is 10.3 Å². The number of carbonyl (C=O) groups is 1. The lowest BCUT2D eigenvalue weighted by Gasteiger charge is -2.21. The van der Waals surface area contributed by atoms with Gasteiger partial charge in [-0.15, -0.1) is 0 Å². The highest BCUT2D eigenvalue weighted by atomic mass is 19.3. The van der Waals surface area contributed by atoms with Gasteiger partial charge in [-0.3, -0.25) is 9.48 Å². The van der Waals surface area contributed by atoms with E-state index in [-0.39, 0.29) is 5.69 Å². The summed E-state index contributed by atoms with van der Waals surface area (Å²) in [5.41, 5.74) is 1.55. The Hall–Kier alpha value is -3.07. The zero-order chi connectivity index (χ0) is 24.2. The molecule has 0 spiro atoms. The summed E-state index contributed by atoms with van der Waals surface area (Å²) in [5.74, 6) is -3.22. The van der Waals surface area contributed by atoms with E-state index in [0.29, 0.717) is 17.5 Å². The molecule has 4 rings (SSSR count). The number of pyridine rings is 1. The van der Waals surface area contributed by atoms with Crippen LogP contribution in [0.1, 0.15) is 66.8 Å². The molecule has 0 bridgehead atoms. The van der Waals surface area contributed by atoms with Crippen molar-refractivity contribution >= 4 is 22.5 Å². The second-order valence-electron chi connectivity index (χ2n) is 8.17. The predicted octanol–water partition coefficient (Wildman–Crippen LogP) is 5.23. The van der Waals surface area contributed by atoms with Crippen LogP contribution in [-0.2, 0) is 5.92 Å². The number of fused-ring (bicyclic) bond motifs is 1. The van der Waals surface area contributed by atoms with Gasteiger partial charge in [-0.05, 0) is 38.0 Å². The van der Waals surface area contributed by atoms with Crippen LogP contribution in [0.2, 0.25) is 0 Å². The zero-order valence-corrected chi connectivity index (χ0v) is 19.4. The molecule has 0 aliphatic heterocycles. The number of aryl methyl sites for hydroxylation is 1. The van der Waals surface area contributed by atoms with Crippen LogP contribution in [0.15, 0.2) is 30.5 Å². The molecule has 2 aromatic heterocycles. The fourth-order valence-electron chi connectivity index (χ4n) is 4.21. The summed E-state index contributed by atoms with van der Waals surface area (Å²) in [4.78, 5) is 16.6. The first-order valence-electron chi connectivity index (χ1n) is 11.0. The summed E-state index contributed by atoms with van der Waals surface area (Å²) >= 11 is 0. The Morgan fingerprint density at radius 2 is 1.94 bits per heavy atom. The van der Waals surface area contributed by atoms with Gasteiger partial charge in [-0.1, -0.05) is 25.3 Å². The minimum Gasteiger partial charge on any atom is -0.494 e. The Bertz CT molecular complexity index is 1120. The van der Waals surface area contributed by atoms with Crippen molar-refractivity contribution in [1.29, 1.82) is 0 Å². The van der Waals surface area contributed by atoms with Crippen molar-refractivity contribution < 1.29 is 23.4 Å². The Morgan fingerprint density at radius 3 is 2.58 bits per heavy atom. The Morgan fingerprint density at radius 1 is 1.24 bits per heavy atom. The average Bonchev–Trinajstić information content (AvgIpc) is 3.25. The topological polar surface area (TPSA) is 89.3 Å². The first kappa shape index (κ1) is 24.6. The third-order valence-electron chi connectivity index (χ3n) is 5.83. The number of amides is 1. The molecule has 0 atom stereocenters. The fourth-order valence-corrected chi connectivity index (χ4v) is 4.21. The number of hydrogen-bond donors (Lipinski definition) is 2. The summed E-state index contributed by atoms with van der Waals surface area (Å²) in [7, 11) is 2.53. The summed E-state index contributed by atoms with van der Waals surface area (Å²) in [6, 6.07) is 6.20. The highest BCUT2D eigenvalue weighted by Gasteiger charge is 2.27. The Kier molecular flexibility index (Phi) is 7.63. The maximum Gasteiger partial charge on any atom is 0.287 e. The molecule has 3 aromatic rings. The Labute approximate surface area is 191 Å². The zero-order valence-electron chi connectivity index (χ0n) is 19.4. The Balaban J connectivity index is 0.00000149. The summed E-state index contributed by atoms with van der Waals surface area (Å²) in [5, 5.41) is 15.4. The van der Waals surface area contributed by atoms with Crippen LogP contribution in [0.4, 0.5) is 14.5 Å². The minimum absolute atomic E-state index is 0.0864. The van der Waals surface area contributed by atoms with Gasteiger partial charge in [0, 0.05) is 31.2 Å². The number of aliphatic hydroxyl groups excluding tert-OH is 1. The number of aromatic nitrogens is 3. The molecule has 1 saturated carbocycles. The number of methoxy groups -OCH3 is 1. The van der Waals surface area contributed by atoms with Crippen molar-refractivity contribution in [1.82, 2.24) is 14.8 Å². The van der Waals surface area contributed by atoms with Crippen molar-refractivity contribution in [2.24, 2.45) is 0 Å². The van der Waals surface area contributed by atoms with Gasteiger partial charge in [0.2, 0.25) is 0 Å². The van der Waals surface area contributed by atoms with Crippen molar-refractivity contribution in [2.75, 3.05) is 19.5 Å². The number of aliphatic hydroxyl groups is 1. The predicted molar refractivity (Wildman–Crippen MR) is 123 cm³/mol. The summed E-state index contributed by atoms with van der Waals surface area (Å²) in [6.45, 7) is 2.65. The molecule has 178 valence electrons. The third kappa shape index (κ3) is 5.30. The molecule has 0 radical (unpaired) electrons. The van der Waals surface area contributed by atoms with Crippen molar-refractivity contribution in [3.63, 3.8) is 0 Å². The first-order chi connectivity index (χ1) is 15.8. The lowest BCUT2D eigenvalue weighted by Crippen LogP contribution is -2.18. The molecule has 7 nitrogen and oxygen atoms in total. The lowest BCUT2D eigenvalue weighted by molar-refractivity contribution is 0.0126. The number of hydrogen-bond acceptors (Lipinski definition) is 5. The molecule has 33 heavy (non-hydrogen) atoms. The molecule has 0 saturated heterocycles. The normalized spacial score (nSPS) is 14.5. The maximum absolute atomic E-state index is 13.6. The fraction of sp³-hybridized carbons (Fsp3) is 0.458. The number of nitrogens with zero attached hydrogens (tertiary/aromatic N) is 3. The smallest absolute Gasteiger partial charge is 0.287 e. The molecular formula is C24H30F2N4O3. The number of carbonyl (C=O) groups excluding carboxylic acids is 1. The molecule has 1 amide bonds. The van der Waals surface area contributed by atoms with E-state index in [1.54, 1.807) is 0 Å². The molecule has 1 aliphatic rings. The number of benzene rings is 1. The van der Waals surface area contributed by atoms with E-state index in [1.165, 1.54) is 44.6 Å². The largest absolute Gasteiger partial charge is 0.494 e. The number of nitrogens with one attached hydrogen (secondary N) is 1. The first-order valence-corrected chi connectivity index (χ1v) is 11.0. The van der Waals surface area contributed by atoms with Crippen LogP contribution in [0, 0.1) is 6.92 Å². The number of ether oxygens (including phenoxy) is 1. The number of rotatable bonds is 5. The van der Waals surface area contributed by atoms with Gasteiger partial charge in [0.05, 0.1) is 24.4 Å². The number of anilines is 1. The van der Waals surface area contributed by atoms with Crippen molar-refractivity contribution in [3.05, 3.63) is 47.4 Å². The summed E-state index contributed by atoms with van der Waals surface area (Å²) in [6.07, 6.45) is 7.89. The van der Waals surface area contributed by atoms with Gasteiger partial charge < -0.3 is 15.2 Å². The monoisotopic (exact) mass is 460 g/mol. The van der Waals surface area contributed by atoms with Crippen LogP contribution in [0.3, 0.4) is 0 Å². The van der Waals surface area contributed by atoms with Crippen LogP contribution in [0.5, 0.6) is 5.75 Å². The standard InChI is InChI=1S/C23H26F2N4O2.CH4O/c1-14-20-15(13-29(28-20)16-8-5-4-6-9-16)12-18(21(14)31-3)27-22(30)17-10-7-11-19(26-17)23(2,24)25;1-2/h7,10-13,16H,4-6,8-9H2,1-3H3,(H,27,30);2H,1H3. The van der Waals surface area contributed by atoms with E-state index in [0.717, 1.165) is 43.3 Å². The van der Waals surface area contributed by atoms with Gasteiger partial charge in [0.25, 0.3) is 11.8 Å². The second-order valence-corrected chi connectivity index (χ2v) is 8.17. The van der Waals surface area contributed by atoms with E-state index >= 15 is 0 Å². The third-order valence-corrected chi connectivity index (χ3v) is 5.83. The molecule has 1 aromatic carbocycles. The van der Waals surface area contributed by atoms with E-state index in [9.17, 15) is 13.6 Å². The van der Waals surface area contributed by atoms with E-state index < -0.39 is 17.5 Å². The van der Waals surface area contributed by atoms with E-state index in [4.69, 9.17) is 14.9 Å². The van der Waals surface area contributed by atoms with Gasteiger partial charge >= 0.3 is 0 Å². The maximum atomic E-state index is 13.6. The lowest BCUT2D eigenvalue weighted by atomic mass is 9.96. The molecule has 1 aliphatic carbocycles. The molecule has 1 fully saturated rings. The molecular weight excluding hydrogens is 430 g/mol. The molecule has 2 heterocycles. The SMILES string of the molecule is CO.COc1c(NC(=O)c2cccc(C(C)(F)F)n2)cc2cn(C3CCCCC3)nc2c1C. The highest BCUT2D eigenvalue weighted by molar-refractivity contribution is 6.05.